The van der Waals surface area contributed by atoms with Crippen LogP contribution in [0.25, 0.3) is 5.52 Å². The van der Waals surface area contributed by atoms with Crippen molar-refractivity contribution in [3.63, 3.8) is 0 Å². The Balaban J connectivity index is 1.93. The van der Waals surface area contributed by atoms with Gasteiger partial charge >= 0.3 is 0 Å². The van der Waals surface area contributed by atoms with Crippen molar-refractivity contribution in [1.29, 1.82) is 0 Å². The Morgan fingerprint density at radius 2 is 2.14 bits per heavy atom. The molecule has 21 heavy (non-hydrogen) atoms. The van der Waals surface area contributed by atoms with Crippen molar-refractivity contribution >= 4 is 5.52 Å². The Labute approximate surface area is 124 Å². The molecule has 3 aromatic rings. The van der Waals surface area contributed by atoms with Gasteiger partial charge < -0.3 is 10.5 Å². The topological polar surface area (TPSA) is 52.5 Å². The van der Waals surface area contributed by atoms with Gasteiger partial charge in [0, 0.05) is 17.8 Å². The predicted octanol–water partition coefficient (Wildman–Crippen LogP) is 2.89. The number of nitrogens with two attached hydrogens (primary N) is 1. The van der Waals surface area contributed by atoms with Gasteiger partial charge in [-0.2, -0.15) is 5.10 Å². The van der Waals surface area contributed by atoms with Crippen LogP contribution in [0.3, 0.4) is 0 Å². The lowest BCUT2D eigenvalue weighted by atomic mass is 9.98. The molecule has 0 saturated carbocycles. The van der Waals surface area contributed by atoms with Gasteiger partial charge in [0.25, 0.3) is 0 Å². The molecule has 4 heteroatoms. The number of pyridine rings is 1. The second-order valence-corrected chi connectivity index (χ2v) is 5.26. The number of hydrogen-bond acceptors (Lipinski definition) is 3. The van der Waals surface area contributed by atoms with Crippen LogP contribution in [-0.4, -0.2) is 16.7 Å². The van der Waals surface area contributed by atoms with Gasteiger partial charge in [0.15, 0.2) is 0 Å². The first-order valence-electron chi connectivity index (χ1n) is 7.00. The Bertz CT molecular complexity index is 764. The van der Waals surface area contributed by atoms with Crippen molar-refractivity contribution in [2.75, 3.05) is 7.11 Å². The molecule has 1 aromatic carbocycles. The Kier molecular flexibility index (Phi) is 3.62. The summed E-state index contributed by atoms with van der Waals surface area (Å²) in [5.74, 6) is 0.882. The van der Waals surface area contributed by atoms with Crippen molar-refractivity contribution in [1.82, 2.24) is 9.61 Å². The maximum Gasteiger partial charge on any atom is 0.122 e. The van der Waals surface area contributed by atoms with Gasteiger partial charge in [-0.1, -0.05) is 23.8 Å². The zero-order valence-electron chi connectivity index (χ0n) is 12.3. The monoisotopic (exact) mass is 281 g/mol. The number of rotatable bonds is 4. The van der Waals surface area contributed by atoms with Crippen LogP contribution in [0.2, 0.25) is 0 Å². The first-order valence-corrected chi connectivity index (χ1v) is 7.00. The number of aryl methyl sites for hydroxylation is 1. The van der Waals surface area contributed by atoms with E-state index in [9.17, 15) is 0 Å². The summed E-state index contributed by atoms with van der Waals surface area (Å²) in [6.07, 6.45) is 4.50. The zero-order valence-corrected chi connectivity index (χ0v) is 12.3. The fourth-order valence-electron chi connectivity index (χ4n) is 2.65. The Morgan fingerprint density at radius 3 is 2.95 bits per heavy atom. The number of aromatic nitrogens is 2. The number of nitrogens with zero attached hydrogens (tertiary/aromatic N) is 2. The lowest BCUT2D eigenvalue weighted by Crippen LogP contribution is -2.13. The summed E-state index contributed by atoms with van der Waals surface area (Å²) in [4.78, 5) is 0. The quantitative estimate of drug-likeness (QED) is 0.800. The zero-order chi connectivity index (χ0) is 14.8. The minimum Gasteiger partial charge on any atom is -0.496 e. The van der Waals surface area contributed by atoms with Gasteiger partial charge in [-0.3, -0.25) is 0 Å². The molecule has 3 rings (SSSR count). The van der Waals surface area contributed by atoms with Gasteiger partial charge in [-0.25, -0.2) is 4.52 Å². The van der Waals surface area contributed by atoms with E-state index in [0.717, 1.165) is 28.8 Å². The maximum atomic E-state index is 6.40. The molecule has 0 aliphatic rings. The van der Waals surface area contributed by atoms with Crippen LogP contribution < -0.4 is 10.5 Å². The molecule has 0 bridgehead atoms. The highest BCUT2D eigenvalue weighted by Gasteiger charge is 2.15. The molecule has 2 N–H and O–H groups in total. The number of benzene rings is 1. The fourth-order valence-corrected chi connectivity index (χ4v) is 2.65. The Morgan fingerprint density at radius 1 is 1.29 bits per heavy atom. The first-order chi connectivity index (χ1) is 10.2. The summed E-state index contributed by atoms with van der Waals surface area (Å²) in [5.41, 5.74) is 10.8. The molecular formula is C17H19N3O. The van der Waals surface area contributed by atoms with Crippen molar-refractivity contribution in [3.05, 3.63) is 65.5 Å². The van der Waals surface area contributed by atoms with E-state index in [-0.39, 0.29) is 6.04 Å². The SMILES string of the molecule is COc1ccc(C)cc1CC(N)c1cnn2ccccc12. The molecule has 0 fully saturated rings. The summed E-state index contributed by atoms with van der Waals surface area (Å²) >= 11 is 0. The molecule has 0 aliphatic heterocycles. The lowest BCUT2D eigenvalue weighted by Gasteiger charge is -2.14. The van der Waals surface area contributed by atoms with Crippen LogP contribution in [-0.2, 0) is 6.42 Å². The molecule has 0 amide bonds. The van der Waals surface area contributed by atoms with Crippen LogP contribution in [0, 0.1) is 6.92 Å². The molecule has 4 nitrogen and oxygen atoms in total. The summed E-state index contributed by atoms with van der Waals surface area (Å²) in [6.45, 7) is 2.07. The van der Waals surface area contributed by atoms with Gasteiger partial charge in [0.2, 0.25) is 0 Å². The largest absolute Gasteiger partial charge is 0.496 e. The smallest absolute Gasteiger partial charge is 0.122 e. The minimum absolute atomic E-state index is 0.111. The van der Waals surface area contributed by atoms with E-state index >= 15 is 0 Å². The number of ether oxygens (including phenoxy) is 1. The molecule has 0 aliphatic carbocycles. The van der Waals surface area contributed by atoms with Crippen molar-refractivity contribution < 1.29 is 4.74 Å². The van der Waals surface area contributed by atoms with Gasteiger partial charge in [0.05, 0.1) is 18.8 Å². The highest BCUT2D eigenvalue weighted by atomic mass is 16.5. The van der Waals surface area contributed by atoms with Crippen LogP contribution >= 0.6 is 0 Å². The summed E-state index contributed by atoms with van der Waals surface area (Å²) < 4.78 is 7.28. The molecule has 0 saturated heterocycles. The average Bonchev–Trinajstić information content (AvgIpc) is 2.91. The van der Waals surface area contributed by atoms with Gasteiger partial charge in [0.1, 0.15) is 5.75 Å². The van der Waals surface area contributed by atoms with Crippen molar-refractivity contribution in [2.24, 2.45) is 5.73 Å². The van der Waals surface area contributed by atoms with Crippen LogP contribution in [0.4, 0.5) is 0 Å². The summed E-state index contributed by atoms with van der Waals surface area (Å²) in [5, 5.41) is 4.35. The molecule has 0 spiro atoms. The highest BCUT2D eigenvalue weighted by molar-refractivity contribution is 5.55. The summed E-state index contributed by atoms with van der Waals surface area (Å²) in [7, 11) is 1.69. The number of methoxy groups -OCH3 is 1. The predicted molar refractivity (Wildman–Crippen MR) is 83.6 cm³/mol. The first kappa shape index (κ1) is 13.6. The molecule has 2 heterocycles. The Hall–Kier alpha value is -2.33. The third-order valence-corrected chi connectivity index (χ3v) is 3.73. The van der Waals surface area contributed by atoms with Crippen molar-refractivity contribution in [2.45, 2.75) is 19.4 Å². The molecule has 1 unspecified atom stereocenters. The van der Waals surface area contributed by atoms with Crippen molar-refractivity contribution in [3.8, 4) is 5.75 Å². The third-order valence-electron chi connectivity index (χ3n) is 3.73. The normalized spacial score (nSPS) is 12.5. The van der Waals surface area contributed by atoms with E-state index in [0.29, 0.717) is 0 Å². The minimum atomic E-state index is -0.111. The third kappa shape index (κ3) is 2.62. The number of hydrogen-bond donors (Lipinski definition) is 1. The maximum absolute atomic E-state index is 6.40. The standard InChI is InChI=1S/C17H19N3O/c1-12-6-7-17(21-2)13(9-12)10-15(18)14-11-19-20-8-4-3-5-16(14)20/h3-9,11,15H,10,18H2,1-2H3. The van der Waals surface area contributed by atoms with E-state index in [1.165, 1.54) is 5.56 Å². The fraction of sp³-hybridized carbons (Fsp3) is 0.235. The second-order valence-electron chi connectivity index (χ2n) is 5.26. The lowest BCUT2D eigenvalue weighted by molar-refractivity contribution is 0.408. The van der Waals surface area contributed by atoms with E-state index in [4.69, 9.17) is 10.5 Å². The molecule has 0 radical (unpaired) electrons. The molecule has 2 aromatic heterocycles. The van der Waals surface area contributed by atoms with Crippen LogP contribution in [0.1, 0.15) is 22.7 Å². The molecule has 1 atom stereocenters. The van der Waals surface area contributed by atoms with Gasteiger partial charge in [-0.05, 0) is 37.1 Å². The second kappa shape index (κ2) is 5.58. The van der Waals surface area contributed by atoms with E-state index in [1.807, 2.05) is 47.2 Å². The summed E-state index contributed by atoms with van der Waals surface area (Å²) in [6, 6.07) is 12.1. The molecular weight excluding hydrogens is 262 g/mol. The number of fused-ring (bicyclic) bond motifs is 1. The van der Waals surface area contributed by atoms with Crippen LogP contribution in [0.5, 0.6) is 5.75 Å². The highest BCUT2D eigenvalue weighted by Crippen LogP contribution is 2.26. The van der Waals surface area contributed by atoms with E-state index in [2.05, 4.69) is 18.1 Å². The average molecular weight is 281 g/mol. The van der Waals surface area contributed by atoms with E-state index in [1.54, 1.807) is 7.11 Å². The van der Waals surface area contributed by atoms with E-state index < -0.39 is 0 Å². The van der Waals surface area contributed by atoms with Crippen LogP contribution in [0.15, 0.2) is 48.8 Å². The van der Waals surface area contributed by atoms with Gasteiger partial charge in [-0.15, -0.1) is 0 Å². The molecule has 108 valence electrons.